The van der Waals surface area contributed by atoms with Gasteiger partial charge in [0.05, 0.1) is 23.6 Å². The van der Waals surface area contributed by atoms with Gasteiger partial charge in [0, 0.05) is 10.7 Å². The fourth-order valence-corrected chi connectivity index (χ4v) is 4.97. The van der Waals surface area contributed by atoms with E-state index in [-0.39, 0.29) is 45.5 Å². The van der Waals surface area contributed by atoms with Crippen LogP contribution in [0.25, 0.3) is 6.08 Å². The van der Waals surface area contributed by atoms with Crippen molar-refractivity contribution in [1.29, 1.82) is 0 Å². The summed E-state index contributed by atoms with van der Waals surface area (Å²) < 4.78 is 24.3. The quantitative estimate of drug-likeness (QED) is 0.301. The number of amides is 3. The highest BCUT2D eigenvalue weighted by Gasteiger charge is 2.35. The fraction of sp³-hybridized carbons (Fsp3) is 0.148. The van der Waals surface area contributed by atoms with Crippen molar-refractivity contribution >= 4 is 63.8 Å². The first kappa shape index (κ1) is 27.5. The Hall–Kier alpha value is -3.53. The van der Waals surface area contributed by atoms with Crippen LogP contribution in [-0.4, -0.2) is 35.7 Å². The van der Waals surface area contributed by atoms with Gasteiger partial charge in [0.2, 0.25) is 0 Å². The molecule has 1 heterocycles. The molecule has 3 aromatic carbocycles. The highest BCUT2D eigenvalue weighted by atomic mass is 35.5. The van der Waals surface area contributed by atoms with E-state index in [0.717, 1.165) is 28.3 Å². The van der Waals surface area contributed by atoms with E-state index in [1.165, 1.54) is 31.4 Å². The van der Waals surface area contributed by atoms with Gasteiger partial charge in [-0.2, -0.15) is 0 Å². The molecule has 0 aliphatic carbocycles. The number of thioether (sulfide) groups is 1. The maximum atomic E-state index is 13.3. The van der Waals surface area contributed by atoms with Crippen LogP contribution >= 0.6 is 35.0 Å². The fourth-order valence-electron chi connectivity index (χ4n) is 3.63. The third-order valence-electron chi connectivity index (χ3n) is 5.42. The third-order valence-corrected chi connectivity index (χ3v) is 6.96. The Morgan fingerprint density at radius 1 is 1.11 bits per heavy atom. The molecule has 1 N–H and O–H groups in total. The number of ether oxygens (including phenoxy) is 2. The molecule has 4 rings (SSSR count). The molecule has 1 aliphatic heterocycles. The number of anilines is 1. The highest BCUT2D eigenvalue weighted by molar-refractivity contribution is 8.18. The number of methoxy groups -OCH3 is 1. The number of nitrogens with one attached hydrogen (secondary N) is 1. The zero-order valence-corrected chi connectivity index (χ0v) is 22.5. The number of hydrogen-bond donors (Lipinski definition) is 1. The number of hydrogen-bond acceptors (Lipinski definition) is 6. The molecular weight excluding hydrogens is 554 g/mol. The summed E-state index contributed by atoms with van der Waals surface area (Å²) in [5, 5.41) is 2.53. The lowest BCUT2D eigenvalue weighted by Crippen LogP contribution is -2.27. The van der Waals surface area contributed by atoms with Crippen LogP contribution in [0.4, 0.5) is 14.9 Å². The molecule has 0 unspecified atom stereocenters. The maximum Gasteiger partial charge on any atom is 0.293 e. The van der Waals surface area contributed by atoms with Crippen molar-refractivity contribution in [2.24, 2.45) is 0 Å². The first-order chi connectivity index (χ1) is 18.1. The molecule has 0 aromatic heterocycles. The smallest absolute Gasteiger partial charge is 0.293 e. The molecule has 0 bridgehead atoms. The van der Waals surface area contributed by atoms with E-state index in [0.29, 0.717) is 16.8 Å². The highest BCUT2D eigenvalue weighted by Crippen LogP contribution is 2.39. The van der Waals surface area contributed by atoms with Gasteiger partial charge in [0.15, 0.2) is 18.1 Å². The van der Waals surface area contributed by atoms with Gasteiger partial charge >= 0.3 is 0 Å². The molecular formula is C27H21Cl2FN2O5S. The maximum absolute atomic E-state index is 13.3. The standard InChI is InChI=1S/C27H21Cl2FN2O5S/c1-15-4-3-5-19(8-15)31-24(33)14-37-25-21(29)9-16(10-22(25)36-2)11-23-26(34)32(27(35)38-23)13-17-6-7-18(30)12-20(17)28/h3-12H,13-14H2,1-2H3,(H,31,33)/b23-11-. The minimum atomic E-state index is -0.524. The molecule has 1 aliphatic rings. The van der Waals surface area contributed by atoms with Gasteiger partial charge < -0.3 is 14.8 Å². The molecule has 3 aromatic rings. The number of halogens is 3. The molecule has 1 saturated heterocycles. The van der Waals surface area contributed by atoms with E-state index in [4.69, 9.17) is 32.7 Å². The van der Waals surface area contributed by atoms with E-state index < -0.39 is 17.0 Å². The van der Waals surface area contributed by atoms with Gasteiger partial charge in [-0.3, -0.25) is 19.3 Å². The summed E-state index contributed by atoms with van der Waals surface area (Å²) in [4.78, 5) is 39.0. The first-order valence-electron chi connectivity index (χ1n) is 11.2. The van der Waals surface area contributed by atoms with Gasteiger partial charge in [-0.05, 0) is 77.9 Å². The van der Waals surface area contributed by atoms with E-state index in [2.05, 4.69) is 5.32 Å². The van der Waals surface area contributed by atoms with Gasteiger partial charge in [0.25, 0.3) is 17.1 Å². The van der Waals surface area contributed by atoms with Gasteiger partial charge in [-0.1, -0.05) is 41.4 Å². The predicted octanol–water partition coefficient (Wildman–Crippen LogP) is 6.70. The second kappa shape index (κ2) is 11.9. The Morgan fingerprint density at radius 2 is 1.89 bits per heavy atom. The summed E-state index contributed by atoms with van der Waals surface area (Å²) in [7, 11) is 1.41. The Morgan fingerprint density at radius 3 is 2.61 bits per heavy atom. The van der Waals surface area contributed by atoms with Gasteiger partial charge in [-0.25, -0.2) is 4.39 Å². The number of benzene rings is 3. The summed E-state index contributed by atoms with van der Waals surface area (Å²) in [5.41, 5.74) is 2.56. The van der Waals surface area contributed by atoms with Crippen molar-refractivity contribution in [1.82, 2.24) is 4.90 Å². The number of imide groups is 1. The van der Waals surface area contributed by atoms with Crippen LogP contribution in [-0.2, 0) is 16.1 Å². The summed E-state index contributed by atoms with van der Waals surface area (Å²) in [6, 6.07) is 14.2. The summed E-state index contributed by atoms with van der Waals surface area (Å²) in [5.74, 6) is -1.02. The second-order valence-electron chi connectivity index (χ2n) is 8.24. The van der Waals surface area contributed by atoms with Crippen LogP contribution in [0.15, 0.2) is 59.5 Å². The summed E-state index contributed by atoms with van der Waals surface area (Å²) >= 11 is 13.2. The number of carbonyl (C=O) groups is 3. The average molecular weight is 575 g/mol. The second-order valence-corrected chi connectivity index (χ2v) is 10.1. The van der Waals surface area contributed by atoms with Gasteiger partial charge in [0.1, 0.15) is 5.82 Å². The molecule has 38 heavy (non-hydrogen) atoms. The molecule has 1 fully saturated rings. The molecule has 0 atom stereocenters. The van der Waals surface area contributed by atoms with Crippen molar-refractivity contribution < 1.29 is 28.2 Å². The summed E-state index contributed by atoms with van der Waals surface area (Å²) in [6.45, 7) is 1.51. The first-order valence-corrected chi connectivity index (χ1v) is 12.8. The Kier molecular flexibility index (Phi) is 8.61. The molecule has 3 amide bonds. The Labute approximate surface area is 232 Å². The lowest BCUT2D eigenvalue weighted by molar-refractivity contribution is -0.123. The monoisotopic (exact) mass is 574 g/mol. The van der Waals surface area contributed by atoms with Crippen LogP contribution in [0, 0.1) is 12.7 Å². The van der Waals surface area contributed by atoms with Crippen LogP contribution in [0.3, 0.4) is 0 Å². The van der Waals surface area contributed by atoms with Gasteiger partial charge in [-0.15, -0.1) is 0 Å². The SMILES string of the molecule is COc1cc(/C=C2\SC(=O)N(Cc3ccc(F)cc3Cl)C2=O)cc(Cl)c1OCC(=O)Nc1cccc(C)c1. The number of nitrogens with zero attached hydrogens (tertiary/aromatic N) is 1. The van der Waals surface area contributed by atoms with Crippen molar-refractivity contribution in [3.63, 3.8) is 0 Å². The largest absolute Gasteiger partial charge is 0.493 e. The van der Waals surface area contributed by atoms with Crippen LogP contribution in [0.2, 0.25) is 10.0 Å². The molecule has 196 valence electrons. The van der Waals surface area contributed by atoms with E-state index >= 15 is 0 Å². The van der Waals surface area contributed by atoms with E-state index in [1.807, 2.05) is 25.1 Å². The molecule has 0 saturated carbocycles. The molecule has 0 radical (unpaired) electrons. The number of rotatable bonds is 8. The van der Waals surface area contributed by atoms with Crippen molar-refractivity contribution in [3.05, 3.63) is 92.1 Å². The lowest BCUT2D eigenvalue weighted by Gasteiger charge is -2.14. The third kappa shape index (κ3) is 6.48. The van der Waals surface area contributed by atoms with Crippen molar-refractivity contribution in [2.45, 2.75) is 13.5 Å². The van der Waals surface area contributed by atoms with Crippen LogP contribution < -0.4 is 14.8 Å². The average Bonchev–Trinajstić information content (AvgIpc) is 3.11. The van der Waals surface area contributed by atoms with Crippen molar-refractivity contribution in [3.8, 4) is 11.5 Å². The zero-order chi connectivity index (χ0) is 27.4. The molecule has 11 heteroatoms. The minimum Gasteiger partial charge on any atom is -0.493 e. The lowest BCUT2D eigenvalue weighted by atomic mass is 10.1. The normalized spacial score (nSPS) is 14.2. The Bertz CT molecular complexity index is 1460. The van der Waals surface area contributed by atoms with E-state index in [1.54, 1.807) is 12.1 Å². The Balaban J connectivity index is 1.47. The van der Waals surface area contributed by atoms with Crippen LogP contribution in [0.5, 0.6) is 11.5 Å². The number of carbonyl (C=O) groups excluding carboxylic acids is 3. The molecule has 0 spiro atoms. The molecule has 7 nitrogen and oxygen atoms in total. The van der Waals surface area contributed by atoms with Crippen LogP contribution in [0.1, 0.15) is 16.7 Å². The van der Waals surface area contributed by atoms with E-state index in [9.17, 15) is 18.8 Å². The summed E-state index contributed by atoms with van der Waals surface area (Å²) in [6.07, 6.45) is 1.50. The predicted molar refractivity (Wildman–Crippen MR) is 146 cm³/mol. The number of aryl methyl sites for hydroxylation is 1. The topological polar surface area (TPSA) is 84.9 Å². The zero-order valence-electron chi connectivity index (χ0n) is 20.2. The van der Waals surface area contributed by atoms with Crippen molar-refractivity contribution in [2.75, 3.05) is 19.0 Å². The minimum absolute atomic E-state index is 0.0947.